The molecule has 13 heavy (non-hydrogen) atoms. The number of benzene rings is 1. The van der Waals surface area contributed by atoms with Crippen molar-refractivity contribution in [2.75, 3.05) is 13.2 Å². The molecule has 0 unspecified atom stereocenters. The minimum absolute atomic E-state index is 0.697. The first kappa shape index (κ1) is 10.4. The van der Waals surface area contributed by atoms with E-state index in [1.54, 1.807) is 0 Å². The topological polar surface area (TPSA) is 18.5 Å². The van der Waals surface area contributed by atoms with Gasteiger partial charge in [0.2, 0.25) is 0 Å². The molecule has 0 radical (unpaired) electrons. The molecule has 1 rings (SSSR count). The molecular formula is C10H14O2S. The van der Waals surface area contributed by atoms with E-state index in [-0.39, 0.29) is 0 Å². The molecule has 0 amide bonds. The van der Waals surface area contributed by atoms with Gasteiger partial charge in [0.25, 0.3) is 0 Å². The lowest BCUT2D eigenvalue weighted by molar-refractivity contribution is 0.339. The Bertz CT molecular complexity index is 250. The van der Waals surface area contributed by atoms with Crippen LogP contribution in [0.25, 0.3) is 0 Å². The second-order valence-electron chi connectivity index (χ2n) is 2.40. The first-order chi connectivity index (χ1) is 6.36. The molecule has 0 aromatic heterocycles. The second-order valence-corrected chi connectivity index (χ2v) is 3.27. The highest BCUT2D eigenvalue weighted by molar-refractivity contribution is 7.94. The third-order valence-corrected chi connectivity index (χ3v) is 2.19. The van der Waals surface area contributed by atoms with Gasteiger partial charge in [-0.1, -0.05) is 6.07 Å². The lowest BCUT2D eigenvalue weighted by Gasteiger charge is -2.04. The summed E-state index contributed by atoms with van der Waals surface area (Å²) in [6.45, 7) is 5.36. The Kier molecular flexibility index (Phi) is 4.72. The number of hydrogen-bond acceptors (Lipinski definition) is 3. The minimum Gasteiger partial charge on any atom is -0.494 e. The van der Waals surface area contributed by atoms with Crippen LogP contribution >= 0.6 is 12.0 Å². The van der Waals surface area contributed by atoms with Gasteiger partial charge >= 0.3 is 0 Å². The van der Waals surface area contributed by atoms with Crippen LogP contribution in [0.1, 0.15) is 13.8 Å². The van der Waals surface area contributed by atoms with Crippen LogP contribution in [0.3, 0.4) is 0 Å². The molecule has 0 N–H and O–H groups in total. The Labute approximate surface area is 83.5 Å². The van der Waals surface area contributed by atoms with Crippen molar-refractivity contribution in [3.63, 3.8) is 0 Å². The van der Waals surface area contributed by atoms with Crippen molar-refractivity contribution >= 4 is 12.0 Å². The fraction of sp³-hybridized carbons (Fsp3) is 0.400. The molecule has 0 fully saturated rings. The maximum atomic E-state index is 5.36. The molecule has 0 aliphatic carbocycles. The third-order valence-electron chi connectivity index (χ3n) is 1.39. The molecule has 0 saturated heterocycles. The summed E-state index contributed by atoms with van der Waals surface area (Å²) in [4.78, 5) is 1.08. The van der Waals surface area contributed by atoms with E-state index in [2.05, 4.69) is 0 Å². The molecule has 72 valence electrons. The highest BCUT2D eigenvalue weighted by atomic mass is 32.2. The van der Waals surface area contributed by atoms with Gasteiger partial charge in [0, 0.05) is 16.9 Å². The average Bonchev–Trinajstić information content (AvgIpc) is 2.16. The molecule has 0 atom stereocenters. The lowest BCUT2D eigenvalue weighted by atomic mass is 10.3. The summed E-state index contributed by atoms with van der Waals surface area (Å²) in [6.07, 6.45) is 0. The predicted molar refractivity (Wildman–Crippen MR) is 55.1 cm³/mol. The van der Waals surface area contributed by atoms with Gasteiger partial charge in [0.05, 0.1) is 13.2 Å². The standard InChI is InChI=1S/C10H14O2S/c1-3-11-9-6-5-7-10(8-9)13-12-4-2/h5-8H,3-4H2,1-2H3. The van der Waals surface area contributed by atoms with Crippen LogP contribution in [0.2, 0.25) is 0 Å². The Morgan fingerprint density at radius 2 is 2.08 bits per heavy atom. The minimum atomic E-state index is 0.697. The van der Waals surface area contributed by atoms with E-state index in [0.29, 0.717) is 13.2 Å². The summed E-state index contributed by atoms with van der Waals surface area (Å²) in [5.41, 5.74) is 0. The van der Waals surface area contributed by atoms with Crippen molar-refractivity contribution in [2.45, 2.75) is 18.7 Å². The predicted octanol–water partition coefficient (Wildman–Crippen LogP) is 3.13. The summed E-state index contributed by atoms with van der Waals surface area (Å²) in [5, 5.41) is 0. The van der Waals surface area contributed by atoms with Crippen molar-refractivity contribution in [1.82, 2.24) is 0 Å². The third kappa shape index (κ3) is 3.70. The maximum Gasteiger partial charge on any atom is 0.120 e. The molecule has 1 aromatic rings. The molecule has 0 bridgehead atoms. The van der Waals surface area contributed by atoms with Gasteiger partial charge in [-0.05, 0) is 32.0 Å². The Balaban J connectivity index is 2.56. The fourth-order valence-corrected chi connectivity index (χ4v) is 1.46. The van der Waals surface area contributed by atoms with Crippen LogP contribution < -0.4 is 4.74 Å². The Morgan fingerprint density at radius 3 is 2.77 bits per heavy atom. The average molecular weight is 198 g/mol. The molecule has 1 aromatic carbocycles. The zero-order chi connectivity index (χ0) is 9.52. The van der Waals surface area contributed by atoms with Gasteiger partial charge in [0.1, 0.15) is 5.75 Å². The fourth-order valence-electron chi connectivity index (χ4n) is 0.909. The normalized spacial score (nSPS) is 10.0. The zero-order valence-electron chi connectivity index (χ0n) is 7.95. The van der Waals surface area contributed by atoms with E-state index >= 15 is 0 Å². The van der Waals surface area contributed by atoms with Crippen LogP contribution in [0.4, 0.5) is 0 Å². The van der Waals surface area contributed by atoms with Crippen molar-refractivity contribution in [1.29, 1.82) is 0 Å². The van der Waals surface area contributed by atoms with E-state index in [1.165, 1.54) is 12.0 Å². The molecule has 3 heteroatoms. The Hall–Kier alpha value is -0.670. The number of hydrogen-bond donors (Lipinski definition) is 0. The summed E-state index contributed by atoms with van der Waals surface area (Å²) < 4.78 is 10.6. The quantitative estimate of drug-likeness (QED) is 0.677. The van der Waals surface area contributed by atoms with Gasteiger partial charge in [-0.15, -0.1) is 0 Å². The van der Waals surface area contributed by atoms with Crippen LogP contribution in [0.15, 0.2) is 29.2 Å². The molecular weight excluding hydrogens is 184 g/mol. The monoisotopic (exact) mass is 198 g/mol. The first-order valence-corrected chi connectivity index (χ1v) is 5.13. The van der Waals surface area contributed by atoms with Crippen molar-refractivity contribution in [3.05, 3.63) is 24.3 Å². The van der Waals surface area contributed by atoms with Crippen molar-refractivity contribution in [2.24, 2.45) is 0 Å². The van der Waals surface area contributed by atoms with E-state index in [4.69, 9.17) is 8.92 Å². The highest BCUT2D eigenvalue weighted by Crippen LogP contribution is 2.23. The van der Waals surface area contributed by atoms with E-state index in [1.807, 2.05) is 38.1 Å². The summed E-state index contributed by atoms with van der Waals surface area (Å²) in [5.74, 6) is 0.896. The molecule has 0 saturated carbocycles. The molecule has 2 nitrogen and oxygen atoms in total. The molecule has 0 aliphatic heterocycles. The van der Waals surface area contributed by atoms with E-state index in [9.17, 15) is 0 Å². The Morgan fingerprint density at radius 1 is 1.23 bits per heavy atom. The highest BCUT2D eigenvalue weighted by Gasteiger charge is 1.96. The lowest BCUT2D eigenvalue weighted by Crippen LogP contribution is -1.90. The SMILES string of the molecule is CCOSc1cccc(OCC)c1. The smallest absolute Gasteiger partial charge is 0.120 e. The van der Waals surface area contributed by atoms with Crippen molar-refractivity contribution < 1.29 is 8.92 Å². The van der Waals surface area contributed by atoms with Crippen LogP contribution in [0.5, 0.6) is 5.75 Å². The van der Waals surface area contributed by atoms with E-state index in [0.717, 1.165) is 10.6 Å². The molecule has 0 aliphatic rings. The van der Waals surface area contributed by atoms with Gasteiger partial charge in [-0.2, -0.15) is 0 Å². The number of rotatable bonds is 5. The molecule has 0 heterocycles. The van der Waals surface area contributed by atoms with Gasteiger partial charge in [-0.3, -0.25) is 0 Å². The van der Waals surface area contributed by atoms with Gasteiger partial charge in [0.15, 0.2) is 0 Å². The summed E-state index contributed by atoms with van der Waals surface area (Å²) in [6, 6.07) is 7.89. The first-order valence-electron chi connectivity index (χ1n) is 4.39. The van der Waals surface area contributed by atoms with Crippen molar-refractivity contribution in [3.8, 4) is 5.75 Å². The van der Waals surface area contributed by atoms with Crippen LogP contribution in [0, 0.1) is 0 Å². The van der Waals surface area contributed by atoms with Crippen LogP contribution in [-0.4, -0.2) is 13.2 Å². The van der Waals surface area contributed by atoms with E-state index < -0.39 is 0 Å². The summed E-state index contributed by atoms with van der Waals surface area (Å²) >= 11 is 1.38. The largest absolute Gasteiger partial charge is 0.494 e. The zero-order valence-corrected chi connectivity index (χ0v) is 8.76. The van der Waals surface area contributed by atoms with Crippen LogP contribution in [-0.2, 0) is 4.18 Å². The van der Waals surface area contributed by atoms with Gasteiger partial charge < -0.3 is 8.92 Å². The summed E-state index contributed by atoms with van der Waals surface area (Å²) in [7, 11) is 0. The second kappa shape index (κ2) is 5.89. The molecule has 0 spiro atoms. The maximum absolute atomic E-state index is 5.36. The van der Waals surface area contributed by atoms with Gasteiger partial charge in [-0.25, -0.2) is 0 Å². The number of ether oxygens (including phenoxy) is 1.